The number of rotatable bonds is 4. The minimum Gasteiger partial charge on any atom is -0.462 e. The van der Waals surface area contributed by atoms with Gasteiger partial charge in [-0.25, -0.2) is 22.6 Å². The Morgan fingerprint density at radius 1 is 1.43 bits per heavy atom. The fourth-order valence-electron chi connectivity index (χ4n) is 1.98. The number of alkyl halides is 2. The van der Waals surface area contributed by atoms with Crippen LogP contribution in [-0.4, -0.2) is 22.4 Å². The number of carbonyl (C=O) groups excluding carboxylic acids is 1. The maximum atomic E-state index is 13.3. The van der Waals surface area contributed by atoms with Crippen LogP contribution in [0.15, 0.2) is 24.4 Å². The molecule has 0 fully saturated rings. The third kappa shape index (κ3) is 2.91. The number of ether oxygens (including phenoxy) is 1. The third-order valence-electron chi connectivity index (χ3n) is 2.90. The molecule has 0 amide bonds. The van der Waals surface area contributed by atoms with Crippen molar-refractivity contribution in [1.29, 1.82) is 0 Å². The summed E-state index contributed by atoms with van der Waals surface area (Å²) in [5.74, 6) is -1.34. The van der Waals surface area contributed by atoms with Crippen LogP contribution >= 0.6 is 0 Å². The van der Waals surface area contributed by atoms with Gasteiger partial charge in [0.25, 0.3) is 6.43 Å². The summed E-state index contributed by atoms with van der Waals surface area (Å²) in [4.78, 5) is 11.7. The van der Waals surface area contributed by atoms with Crippen LogP contribution in [0, 0.1) is 12.7 Å². The van der Waals surface area contributed by atoms with E-state index in [4.69, 9.17) is 4.74 Å². The summed E-state index contributed by atoms with van der Waals surface area (Å²) < 4.78 is 45.3. The largest absolute Gasteiger partial charge is 0.462 e. The molecule has 0 atom stereocenters. The minimum atomic E-state index is -2.92. The smallest absolute Gasteiger partial charge is 0.341 e. The number of aryl methyl sites for hydroxylation is 1. The summed E-state index contributed by atoms with van der Waals surface area (Å²) in [6.45, 7) is 3.22. The predicted octanol–water partition coefficient (Wildman–Crippen LogP) is 3.43. The van der Waals surface area contributed by atoms with E-state index in [1.165, 1.54) is 12.1 Å². The molecule has 2 rings (SSSR count). The van der Waals surface area contributed by atoms with Crippen molar-refractivity contribution in [3.8, 4) is 5.69 Å². The summed E-state index contributed by atoms with van der Waals surface area (Å²) in [5, 5.41) is 3.81. The molecule has 0 unspecified atom stereocenters. The second-order valence-corrected chi connectivity index (χ2v) is 4.31. The molecule has 7 heteroatoms. The van der Waals surface area contributed by atoms with E-state index < -0.39 is 23.9 Å². The topological polar surface area (TPSA) is 44.1 Å². The van der Waals surface area contributed by atoms with E-state index >= 15 is 0 Å². The quantitative estimate of drug-likeness (QED) is 0.812. The zero-order valence-electron chi connectivity index (χ0n) is 11.4. The van der Waals surface area contributed by atoms with Crippen molar-refractivity contribution in [2.45, 2.75) is 20.3 Å². The number of nitrogens with zero attached hydrogens (tertiary/aromatic N) is 2. The summed E-state index contributed by atoms with van der Waals surface area (Å²) >= 11 is 0. The number of halogens is 3. The Morgan fingerprint density at radius 3 is 2.71 bits per heavy atom. The maximum Gasteiger partial charge on any atom is 0.341 e. The Labute approximate surface area is 119 Å². The first-order valence-corrected chi connectivity index (χ1v) is 6.25. The molecule has 21 heavy (non-hydrogen) atoms. The van der Waals surface area contributed by atoms with Crippen LogP contribution in [0.2, 0.25) is 0 Å². The van der Waals surface area contributed by atoms with Gasteiger partial charge in [0.15, 0.2) is 0 Å². The summed E-state index contributed by atoms with van der Waals surface area (Å²) in [6, 6.07) is 3.68. The lowest BCUT2D eigenvalue weighted by atomic mass is 10.2. The molecule has 0 saturated heterocycles. The molecule has 4 nitrogen and oxygen atoms in total. The van der Waals surface area contributed by atoms with E-state index in [1.807, 2.05) is 0 Å². The number of aromatic nitrogens is 2. The van der Waals surface area contributed by atoms with Gasteiger partial charge in [-0.3, -0.25) is 0 Å². The van der Waals surface area contributed by atoms with Crippen molar-refractivity contribution in [3.63, 3.8) is 0 Å². The summed E-state index contributed by atoms with van der Waals surface area (Å²) in [6.07, 6.45) is -1.89. The number of benzene rings is 1. The number of hydrogen-bond acceptors (Lipinski definition) is 3. The normalized spacial score (nSPS) is 11.0. The molecule has 0 aliphatic rings. The van der Waals surface area contributed by atoms with Crippen LogP contribution in [0.4, 0.5) is 13.2 Å². The van der Waals surface area contributed by atoms with Crippen LogP contribution in [0.25, 0.3) is 5.69 Å². The Morgan fingerprint density at radius 2 is 2.14 bits per heavy atom. The highest BCUT2D eigenvalue weighted by atomic mass is 19.3. The highest BCUT2D eigenvalue weighted by Crippen LogP contribution is 2.27. The molecule has 0 aliphatic heterocycles. The van der Waals surface area contributed by atoms with E-state index in [1.54, 1.807) is 13.8 Å². The van der Waals surface area contributed by atoms with Gasteiger partial charge < -0.3 is 4.74 Å². The van der Waals surface area contributed by atoms with Gasteiger partial charge in [-0.1, -0.05) is 0 Å². The van der Waals surface area contributed by atoms with Gasteiger partial charge in [-0.05, 0) is 37.6 Å². The average molecular weight is 298 g/mol. The number of carbonyl (C=O) groups is 1. The monoisotopic (exact) mass is 298 g/mol. The standard InChI is InChI=1S/C14H13F3N2O2/c1-3-21-14(20)10-7-18-19(12(10)13(16)17)11-5-4-9(15)6-8(11)2/h4-7,13H,3H2,1-2H3. The number of hydrogen-bond donors (Lipinski definition) is 0. The Kier molecular flexibility index (Phi) is 4.30. The lowest BCUT2D eigenvalue weighted by Crippen LogP contribution is -2.11. The van der Waals surface area contributed by atoms with Crippen molar-refractivity contribution >= 4 is 5.97 Å². The lowest BCUT2D eigenvalue weighted by molar-refractivity contribution is 0.0514. The van der Waals surface area contributed by atoms with Gasteiger partial charge in [-0.2, -0.15) is 5.10 Å². The molecule has 0 spiro atoms. The van der Waals surface area contributed by atoms with E-state index in [0.29, 0.717) is 5.56 Å². The zero-order valence-corrected chi connectivity index (χ0v) is 11.4. The summed E-state index contributed by atoms with van der Waals surface area (Å²) in [7, 11) is 0. The van der Waals surface area contributed by atoms with Crippen molar-refractivity contribution in [2.75, 3.05) is 6.61 Å². The fourth-order valence-corrected chi connectivity index (χ4v) is 1.98. The predicted molar refractivity (Wildman–Crippen MR) is 69.2 cm³/mol. The van der Waals surface area contributed by atoms with Crippen LogP contribution in [-0.2, 0) is 4.74 Å². The minimum absolute atomic E-state index is 0.0717. The highest BCUT2D eigenvalue weighted by Gasteiger charge is 2.26. The Bertz CT molecular complexity index is 668. The maximum absolute atomic E-state index is 13.3. The van der Waals surface area contributed by atoms with Gasteiger partial charge in [0.1, 0.15) is 17.1 Å². The van der Waals surface area contributed by atoms with Gasteiger partial charge >= 0.3 is 5.97 Å². The summed E-state index contributed by atoms with van der Waals surface area (Å²) in [5.41, 5.74) is -0.156. The molecule has 112 valence electrons. The third-order valence-corrected chi connectivity index (χ3v) is 2.90. The van der Waals surface area contributed by atoms with Crippen molar-refractivity contribution in [3.05, 3.63) is 47.0 Å². The molecule has 0 aliphatic carbocycles. The van der Waals surface area contributed by atoms with Gasteiger partial charge in [0.2, 0.25) is 0 Å². The van der Waals surface area contributed by atoms with Gasteiger partial charge in [0.05, 0.1) is 18.5 Å². The molecule has 2 aromatic rings. The average Bonchev–Trinajstić information content (AvgIpc) is 2.83. The number of esters is 1. The molecular formula is C14H13F3N2O2. The lowest BCUT2D eigenvalue weighted by Gasteiger charge is -2.11. The molecule has 1 aromatic heterocycles. The molecular weight excluding hydrogens is 285 g/mol. The van der Waals surface area contributed by atoms with Crippen molar-refractivity contribution < 1.29 is 22.7 Å². The van der Waals surface area contributed by atoms with Gasteiger partial charge in [0, 0.05) is 0 Å². The van der Waals surface area contributed by atoms with Crippen LogP contribution in [0.1, 0.15) is 35.0 Å². The van der Waals surface area contributed by atoms with Crippen LogP contribution in [0.3, 0.4) is 0 Å². The van der Waals surface area contributed by atoms with Gasteiger partial charge in [-0.15, -0.1) is 0 Å². The Balaban J connectivity index is 2.57. The van der Waals surface area contributed by atoms with Crippen molar-refractivity contribution in [2.24, 2.45) is 0 Å². The van der Waals surface area contributed by atoms with E-state index in [9.17, 15) is 18.0 Å². The fraction of sp³-hybridized carbons (Fsp3) is 0.286. The highest BCUT2D eigenvalue weighted by molar-refractivity contribution is 5.90. The molecule has 0 bridgehead atoms. The Hall–Kier alpha value is -2.31. The van der Waals surface area contributed by atoms with E-state index in [0.717, 1.165) is 16.9 Å². The second kappa shape index (κ2) is 5.99. The van der Waals surface area contributed by atoms with Crippen LogP contribution < -0.4 is 0 Å². The van der Waals surface area contributed by atoms with Crippen LogP contribution in [0.5, 0.6) is 0 Å². The zero-order chi connectivity index (χ0) is 15.6. The van der Waals surface area contributed by atoms with E-state index in [-0.39, 0.29) is 17.9 Å². The molecule has 0 saturated carbocycles. The molecule has 1 aromatic carbocycles. The first-order valence-electron chi connectivity index (χ1n) is 6.25. The second-order valence-electron chi connectivity index (χ2n) is 4.31. The first kappa shape index (κ1) is 15.1. The molecule has 1 heterocycles. The molecule has 0 N–H and O–H groups in total. The van der Waals surface area contributed by atoms with Crippen molar-refractivity contribution in [1.82, 2.24) is 9.78 Å². The molecule has 0 radical (unpaired) electrons. The first-order chi connectivity index (χ1) is 9.95. The SMILES string of the molecule is CCOC(=O)c1cnn(-c2ccc(F)cc2C)c1C(F)F. The van der Waals surface area contributed by atoms with E-state index in [2.05, 4.69) is 5.10 Å².